The fraction of sp³-hybridized carbons (Fsp3) is 0.923. The van der Waals surface area contributed by atoms with Crippen LogP contribution < -0.4 is 11.1 Å². The van der Waals surface area contributed by atoms with Crippen LogP contribution in [0.2, 0.25) is 0 Å². The molecule has 16 heavy (non-hydrogen) atoms. The Morgan fingerprint density at radius 1 is 1.31 bits per heavy atom. The maximum Gasteiger partial charge on any atom is 0.188 e. The molecule has 0 aromatic carbocycles. The van der Waals surface area contributed by atoms with E-state index in [1.807, 2.05) is 0 Å². The van der Waals surface area contributed by atoms with Crippen molar-refractivity contribution in [2.75, 3.05) is 13.1 Å². The van der Waals surface area contributed by atoms with Gasteiger partial charge >= 0.3 is 0 Å². The minimum Gasteiger partial charge on any atom is -0.370 e. The summed E-state index contributed by atoms with van der Waals surface area (Å²) >= 11 is 0. The quantitative estimate of drug-likeness (QED) is 0.558. The smallest absolute Gasteiger partial charge is 0.188 e. The first-order valence-corrected chi connectivity index (χ1v) is 6.72. The van der Waals surface area contributed by atoms with E-state index in [4.69, 9.17) is 5.73 Å². The van der Waals surface area contributed by atoms with E-state index >= 15 is 0 Å². The average molecular weight is 225 g/mol. The van der Waals surface area contributed by atoms with Crippen LogP contribution in [0.4, 0.5) is 0 Å². The molecule has 0 heterocycles. The van der Waals surface area contributed by atoms with Crippen molar-refractivity contribution in [2.45, 2.75) is 52.4 Å². The first-order valence-electron chi connectivity index (χ1n) is 6.72. The number of aliphatic imine (C=N–C) groups is 1. The number of rotatable bonds is 5. The van der Waals surface area contributed by atoms with E-state index in [1.165, 1.54) is 38.5 Å². The summed E-state index contributed by atoms with van der Waals surface area (Å²) in [5.41, 5.74) is 5.78. The second-order valence-corrected chi connectivity index (χ2v) is 5.34. The average Bonchev–Trinajstić information content (AvgIpc) is 2.28. The largest absolute Gasteiger partial charge is 0.370 e. The Morgan fingerprint density at radius 2 is 2.00 bits per heavy atom. The zero-order valence-corrected chi connectivity index (χ0v) is 10.8. The van der Waals surface area contributed by atoms with Crippen molar-refractivity contribution in [2.24, 2.45) is 22.6 Å². The first kappa shape index (κ1) is 13.3. The molecule has 1 rings (SSSR count). The van der Waals surface area contributed by atoms with Crippen LogP contribution in [0.25, 0.3) is 0 Å². The van der Waals surface area contributed by atoms with E-state index in [-0.39, 0.29) is 0 Å². The highest BCUT2D eigenvalue weighted by atomic mass is 15.1. The maximum absolute atomic E-state index is 5.78. The summed E-state index contributed by atoms with van der Waals surface area (Å²) < 4.78 is 0. The molecule has 3 N–H and O–H groups in total. The molecule has 0 aromatic heterocycles. The third kappa shape index (κ3) is 5.99. The molecule has 0 atom stereocenters. The van der Waals surface area contributed by atoms with Crippen LogP contribution in [0.15, 0.2) is 4.99 Å². The second-order valence-electron chi connectivity index (χ2n) is 5.34. The van der Waals surface area contributed by atoms with Crippen molar-refractivity contribution in [3.63, 3.8) is 0 Å². The van der Waals surface area contributed by atoms with Crippen LogP contribution in [0.3, 0.4) is 0 Å². The molecular formula is C13H27N3. The molecule has 0 saturated heterocycles. The lowest BCUT2D eigenvalue weighted by molar-refractivity contribution is 0.339. The number of nitrogens with one attached hydrogen (secondary N) is 1. The van der Waals surface area contributed by atoms with Crippen molar-refractivity contribution >= 4 is 5.96 Å². The third-order valence-electron chi connectivity index (χ3n) is 3.21. The van der Waals surface area contributed by atoms with E-state index < -0.39 is 0 Å². The van der Waals surface area contributed by atoms with Crippen LogP contribution in [-0.2, 0) is 0 Å². The highest BCUT2D eigenvalue weighted by molar-refractivity contribution is 5.77. The Kier molecular flexibility index (Phi) is 6.27. The number of nitrogens with zero attached hydrogens (tertiary/aromatic N) is 1. The summed E-state index contributed by atoms with van der Waals surface area (Å²) in [4.78, 5) is 4.29. The van der Waals surface area contributed by atoms with Crippen molar-refractivity contribution < 1.29 is 0 Å². The third-order valence-corrected chi connectivity index (χ3v) is 3.21. The summed E-state index contributed by atoms with van der Waals surface area (Å²) in [5, 5.41) is 3.21. The van der Waals surface area contributed by atoms with Crippen LogP contribution in [0.5, 0.6) is 0 Å². The van der Waals surface area contributed by atoms with Crippen molar-refractivity contribution in [3.8, 4) is 0 Å². The van der Waals surface area contributed by atoms with E-state index in [2.05, 4.69) is 24.2 Å². The van der Waals surface area contributed by atoms with Crippen LogP contribution in [-0.4, -0.2) is 19.0 Å². The monoisotopic (exact) mass is 225 g/mol. The van der Waals surface area contributed by atoms with Gasteiger partial charge in [0.2, 0.25) is 0 Å². The summed E-state index contributed by atoms with van der Waals surface area (Å²) in [7, 11) is 0. The van der Waals surface area contributed by atoms with Gasteiger partial charge in [-0.2, -0.15) is 0 Å². The zero-order chi connectivity index (χ0) is 11.8. The van der Waals surface area contributed by atoms with E-state index in [0.717, 1.165) is 19.0 Å². The fourth-order valence-electron chi connectivity index (χ4n) is 2.22. The van der Waals surface area contributed by atoms with Gasteiger partial charge in [-0.1, -0.05) is 46.0 Å². The molecule has 1 aliphatic carbocycles. The SMILES string of the molecule is CC(C)CN=C(N)NCCC1CCCCC1. The van der Waals surface area contributed by atoms with E-state index in [9.17, 15) is 0 Å². The lowest BCUT2D eigenvalue weighted by Gasteiger charge is -2.21. The lowest BCUT2D eigenvalue weighted by Crippen LogP contribution is -2.33. The van der Waals surface area contributed by atoms with Gasteiger partial charge in [0.25, 0.3) is 0 Å². The van der Waals surface area contributed by atoms with Crippen LogP contribution in [0.1, 0.15) is 52.4 Å². The van der Waals surface area contributed by atoms with Crippen molar-refractivity contribution in [3.05, 3.63) is 0 Å². The molecular weight excluding hydrogens is 198 g/mol. The standard InChI is InChI=1S/C13H27N3/c1-11(2)10-16-13(14)15-9-8-12-6-4-3-5-7-12/h11-12H,3-10H2,1-2H3,(H3,14,15,16). The first-order chi connectivity index (χ1) is 7.68. The second kappa shape index (κ2) is 7.53. The molecule has 0 bridgehead atoms. The molecule has 1 saturated carbocycles. The number of guanidine groups is 1. The van der Waals surface area contributed by atoms with Crippen LogP contribution in [0, 0.1) is 11.8 Å². The number of hydrogen-bond donors (Lipinski definition) is 2. The molecule has 94 valence electrons. The summed E-state index contributed by atoms with van der Waals surface area (Å²) in [5.74, 6) is 2.11. The normalized spacial score (nSPS) is 19.1. The highest BCUT2D eigenvalue weighted by Gasteiger charge is 2.12. The van der Waals surface area contributed by atoms with E-state index in [0.29, 0.717) is 11.9 Å². The molecule has 0 unspecified atom stereocenters. The maximum atomic E-state index is 5.78. The van der Waals surface area contributed by atoms with E-state index in [1.54, 1.807) is 0 Å². The summed E-state index contributed by atoms with van der Waals surface area (Å²) in [6, 6.07) is 0. The minimum atomic E-state index is 0.582. The van der Waals surface area contributed by atoms with Gasteiger partial charge in [0.05, 0.1) is 0 Å². The van der Waals surface area contributed by atoms with Crippen molar-refractivity contribution in [1.82, 2.24) is 5.32 Å². The van der Waals surface area contributed by atoms with Gasteiger partial charge in [-0.05, 0) is 18.3 Å². The van der Waals surface area contributed by atoms with Crippen molar-refractivity contribution in [1.29, 1.82) is 0 Å². The molecule has 1 aliphatic rings. The molecule has 1 fully saturated rings. The zero-order valence-electron chi connectivity index (χ0n) is 10.8. The van der Waals surface area contributed by atoms with Gasteiger partial charge < -0.3 is 11.1 Å². The van der Waals surface area contributed by atoms with Gasteiger partial charge in [-0.15, -0.1) is 0 Å². The molecule has 0 spiro atoms. The fourth-order valence-corrected chi connectivity index (χ4v) is 2.22. The van der Waals surface area contributed by atoms with Gasteiger partial charge in [-0.25, -0.2) is 0 Å². The lowest BCUT2D eigenvalue weighted by atomic mass is 9.87. The predicted octanol–water partition coefficient (Wildman–Crippen LogP) is 2.52. The Bertz CT molecular complexity index is 205. The molecule has 0 radical (unpaired) electrons. The predicted molar refractivity (Wildman–Crippen MR) is 70.5 cm³/mol. The van der Waals surface area contributed by atoms with Gasteiger partial charge in [0.15, 0.2) is 5.96 Å². The minimum absolute atomic E-state index is 0.582. The summed E-state index contributed by atoms with van der Waals surface area (Å²) in [6.07, 6.45) is 8.33. The Morgan fingerprint density at radius 3 is 2.62 bits per heavy atom. The molecule has 0 aliphatic heterocycles. The topological polar surface area (TPSA) is 50.4 Å². The Hall–Kier alpha value is -0.730. The van der Waals surface area contributed by atoms with Gasteiger partial charge in [-0.3, -0.25) is 4.99 Å². The molecule has 3 nitrogen and oxygen atoms in total. The van der Waals surface area contributed by atoms with Crippen LogP contribution >= 0.6 is 0 Å². The summed E-state index contributed by atoms with van der Waals surface area (Å²) in [6.45, 7) is 6.11. The van der Waals surface area contributed by atoms with Gasteiger partial charge in [0.1, 0.15) is 0 Å². The molecule has 3 heteroatoms. The van der Waals surface area contributed by atoms with Gasteiger partial charge in [0, 0.05) is 13.1 Å². The number of nitrogens with two attached hydrogens (primary N) is 1. The highest BCUT2D eigenvalue weighted by Crippen LogP contribution is 2.25. The molecule has 0 aromatic rings. The molecule has 0 amide bonds. The number of hydrogen-bond acceptors (Lipinski definition) is 1. The Balaban J connectivity index is 2.07. The Labute approximate surface area is 99.9 Å².